The third kappa shape index (κ3) is 2.42. The number of thioether (sulfide) groups is 1. The van der Waals surface area contributed by atoms with Crippen molar-refractivity contribution in [3.63, 3.8) is 0 Å². The van der Waals surface area contributed by atoms with E-state index in [1.165, 1.54) is 56.6 Å². The van der Waals surface area contributed by atoms with E-state index >= 15 is 0 Å². The summed E-state index contributed by atoms with van der Waals surface area (Å²) >= 11 is 1.78. The first-order valence-corrected chi connectivity index (χ1v) is 10.1. The maximum absolute atomic E-state index is 4.96. The number of fused-ring (bicyclic) bond motifs is 5. The summed E-state index contributed by atoms with van der Waals surface area (Å²) in [5, 5.41) is 9.91. The van der Waals surface area contributed by atoms with E-state index in [1.807, 2.05) is 0 Å². The average molecular weight is 333 g/mol. The Bertz CT molecular complexity index is 597. The summed E-state index contributed by atoms with van der Waals surface area (Å²) in [6.07, 6.45) is 6.60. The van der Waals surface area contributed by atoms with Crippen molar-refractivity contribution in [1.82, 2.24) is 20.1 Å². The molecule has 1 saturated heterocycles. The first-order chi connectivity index (χ1) is 11.0. The lowest BCUT2D eigenvalue weighted by Gasteiger charge is -2.34. The number of nitrogens with zero attached hydrogens (tertiary/aromatic N) is 4. The van der Waals surface area contributed by atoms with E-state index in [9.17, 15) is 0 Å². The van der Waals surface area contributed by atoms with Gasteiger partial charge < -0.3 is 4.90 Å². The van der Waals surface area contributed by atoms with Crippen LogP contribution in [0.1, 0.15) is 70.2 Å². The topological polar surface area (TPSA) is 41.9 Å². The van der Waals surface area contributed by atoms with Crippen LogP contribution in [0.5, 0.6) is 0 Å². The van der Waals surface area contributed by atoms with Crippen molar-refractivity contribution in [1.29, 1.82) is 0 Å². The van der Waals surface area contributed by atoms with Crippen molar-refractivity contribution in [3.8, 4) is 0 Å². The highest BCUT2D eigenvalue weighted by atomic mass is 32.2. The van der Waals surface area contributed by atoms with Crippen LogP contribution >= 0.6 is 11.8 Å². The number of rotatable bonds is 4. The quantitative estimate of drug-likeness (QED) is 0.788. The van der Waals surface area contributed by atoms with Gasteiger partial charge >= 0.3 is 0 Å². The van der Waals surface area contributed by atoms with Crippen molar-refractivity contribution < 1.29 is 0 Å². The number of aromatic nitrogens is 3. The Morgan fingerprint density at radius 3 is 2.70 bits per heavy atom. The minimum absolute atomic E-state index is 0.186. The standard InChI is InChI=1S/C18H28N4S/c1-17(2)13-7-8-18(17,3)15-14(13)20-21-16(19-15)23-12-11-22-9-5-4-6-10-22/h13H,4-12H2,1-3H3. The second kappa shape index (κ2) is 5.69. The van der Waals surface area contributed by atoms with Crippen LogP contribution in [-0.2, 0) is 5.41 Å². The third-order valence-corrected chi connectivity index (χ3v) is 7.68. The fourth-order valence-corrected chi connectivity index (χ4v) is 5.66. The number of hydrogen-bond donors (Lipinski definition) is 0. The van der Waals surface area contributed by atoms with E-state index in [1.54, 1.807) is 11.8 Å². The minimum Gasteiger partial charge on any atom is -0.303 e. The predicted molar refractivity (Wildman–Crippen MR) is 94.0 cm³/mol. The molecule has 2 fully saturated rings. The van der Waals surface area contributed by atoms with Gasteiger partial charge in [-0.05, 0) is 44.2 Å². The van der Waals surface area contributed by atoms with Crippen molar-refractivity contribution in [2.45, 2.75) is 69.4 Å². The van der Waals surface area contributed by atoms with Crippen molar-refractivity contribution >= 4 is 11.8 Å². The number of piperidine rings is 1. The summed E-state index contributed by atoms with van der Waals surface area (Å²) in [5.41, 5.74) is 2.89. The molecule has 0 N–H and O–H groups in total. The maximum atomic E-state index is 4.96. The highest BCUT2D eigenvalue weighted by molar-refractivity contribution is 7.99. The highest BCUT2D eigenvalue weighted by Crippen LogP contribution is 2.66. The van der Waals surface area contributed by atoms with Gasteiger partial charge in [-0.1, -0.05) is 39.0 Å². The molecule has 1 aromatic heterocycles. The van der Waals surface area contributed by atoms with Gasteiger partial charge in [0.2, 0.25) is 5.16 Å². The van der Waals surface area contributed by atoms with E-state index in [4.69, 9.17) is 4.98 Å². The fraction of sp³-hybridized carbons (Fsp3) is 0.833. The van der Waals surface area contributed by atoms with E-state index in [0.717, 1.165) is 17.5 Å². The lowest BCUT2D eigenvalue weighted by molar-refractivity contribution is 0.226. The summed E-state index contributed by atoms with van der Waals surface area (Å²) in [5.74, 6) is 1.62. The van der Waals surface area contributed by atoms with E-state index in [0.29, 0.717) is 5.92 Å². The molecule has 5 heteroatoms. The zero-order chi connectivity index (χ0) is 16.1. The van der Waals surface area contributed by atoms with Crippen molar-refractivity contribution in [3.05, 3.63) is 11.4 Å². The van der Waals surface area contributed by atoms with E-state index in [-0.39, 0.29) is 10.8 Å². The SMILES string of the molecule is CC12CCC(c3nnc(SCCN4CCCCC4)nc31)C2(C)C. The average Bonchev–Trinajstić information content (AvgIpc) is 2.88. The Morgan fingerprint density at radius 2 is 1.91 bits per heavy atom. The summed E-state index contributed by atoms with van der Waals surface area (Å²) in [4.78, 5) is 7.53. The molecule has 2 unspecified atom stereocenters. The minimum atomic E-state index is 0.186. The molecule has 2 aliphatic carbocycles. The van der Waals surface area contributed by atoms with Crippen LogP contribution in [0, 0.1) is 5.41 Å². The van der Waals surface area contributed by atoms with Gasteiger partial charge in [-0.15, -0.1) is 5.10 Å². The van der Waals surface area contributed by atoms with Crippen LogP contribution in [0.4, 0.5) is 0 Å². The van der Waals surface area contributed by atoms with Crippen LogP contribution in [0.3, 0.4) is 0 Å². The smallest absolute Gasteiger partial charge is 0.209 e. The lowest BCUT2D eigenvalue weighted by Crippen LogP contribution is -2.32. The third-order valence-electron chi connectivity index (χ3n) is 6.86. The normalized spacial score (nSPS) is 32.2. The van der Waals surface area contributed by atoms with Crippen LogP contribution in [0.2, 0.25) is 0 Å². The summed E-state index contributed by atoms with van der Waals surface area (Å²) in [7, 11) is 0. The van der Waals surface area contributed by atoms with Gasteiger partial charge in [0.1, 0.15) is 0 Å². The second-order valence-corrected chi connectivity index (χ2v) is 9.29. The molecule has 4 nitrogen and oxygen atoms in total. The predicted octanol–water partition coefficient (Wildman–Crippen LogP) is 3.62. The van der Waals surface area contributed by atoms with Gasteiger partial charge in [0.25, 0.3) is 0 Å². The molecule has 1 aromatic rings. The summed E-state index contributed by atoms with van der Waals surface area (Å²) in [6.45, 7) is 10.8. The zero-order valence-electron chi connectivity index (χ0n) is 14.6. The van der Waals surface area contributed by atoms with Gasteiger partial charge in [0.15, 0.2) is 0 Å². The summed E-state index contributed by atoms with van der Waals surface area (Å²) in [6, 6.07) is 0. The Labute approximate surface area is 143 Å². The molecule has 0 radical (unpaired) electrons. The first kappa shape index (κ1) is 15.8. The van der Waals surface area contributed by atoms with Crippen molar-refractivity contribution in [2.75, 3.05) is 25.4 Å². The fourth-order valence-electron chi connectivity index (χ4n) is 4.87. The molecule has 126 valence electrons. The Balaban J connectivity index is 1.45. The second-order valence-electron chi connectivity index (χ2n) is 8.22. The molecule has 2 heterocycles. The summed E-state index contributed by atoms with van der Waals surface area (Å²) < 4.78 is 0. The first-order valence-electron chi connectivity index (χ1n) is 9.13. The molecule has 2 atom stereocenters. The molecule has 1 aliphatic heterocycles. The van der Waals surface area contributed by atoms with Gasteiger partial charge in [-0.25, -0.2) is 4.98 Å². The Hall–Kier alpha value is -0.680. The monoisotopic (exact) mass is 332 g/mol. The lowest BCUT2D eigenvalue weighted by atomic mass is 9.70. The van der Waals surface area contributed by atoms with Crippen LogP contribution in [0.25, 0.3) is 0 Å². The molecule has 2 bridgehead atoms. The van der Waals surface area contributed by atoms with Gasteiger partial charge in [0, 0.05) is 23.6 Å². The molecular weight excluding hydrogens is 304 g/mol. The van der Waals surface area contributed by atoms with Crippen molar-refractivity contribution in [2.24, 2.45) is 5.41 Å². The molecule has 0 aromatic carbocycles. The van der Waals surface area contributed by atoms with E-state index in [2.05, 4.69) is 35.9 Å². The molecule has 3 aliphatic rings. The molecule has 0 spiro atoms. The molecular formula is C18H28N4S. The Morgan fingerprint density at radius 1 is 1.13 bits per heavy atom. The molecule has 1 saturated carbocycles. The molecule has 4 rings (SSSR count). The van der Waals surface area contributed by atoms with Gasteiger partial charge in [-0.3, -0.25) is 0 Å². The van der Waals surface area contributed by atoms with Crippen LogP contribution in [0.15, 0.2) is 5.16 Å². The number of likely N-dealkylation sites (tertiary alicyclic amines) is 1. The molecule has 0 amide bonds. The van der Waals surface area contributed by atoms with E-state index < -0.39 is 0 Å². The zero-order valence-corrected chi connectivity index (χ0v) is 15.5. The van der Waals surface area contributed by atoms with Crippen LogP contribution in [-0.4, -0.2) is 45.5 Å². The van der Waals surface area contributed by atoms with Gasteiger partial charge in [-0.2, -0.15) is 5.10 Å². The molecule has 23 heavy (non-hydrogen) atoms. The highest BCUT2D eigenvalue weighted by Gasteiger charge is 2.61. The number of hydrogen-bond acceptors (Lipinski definition) is 5. The van der Waals surface area contributed by atoms with Gasteiger partial charge in [0.05, 0.1) is 11.4 Å². The largest absolute Gasteiger partial charge is 0.303 e. The maximum Gasteiger partial charge on any atom is 0.209 e. The Kier molecular flexibility index (Phi) is 3.92. The van der Waals surface area contributed by atoms with Crippen LogP contribution < -0.4 is 0 Å².